The van der Waals surface area contributed by atoms with Crippen LogP contribution >= 0.6 is 0 Å². The van der Waals surface area contributed by atoms with E-state index in [1.165, 1.54) is 61.7 Å². The number of fused-ring (bicyclic) bond motifs is 6. The maximum Gasteiger partial charge on any atom is 0.111 e. The van der Waals surface area contributed by atoms with Crippen LogP contribution in [0.2, 0.25) is 0 Å². The second-order valence-corrected chi connectivity index (χ2v) is 13.7. The Bertz CT molecular complexity index is 2140. The van der Waals surface area contributed by atoms with Gasteiger partial charge in [0.05, 0.1) is 0 Å². The predicted molar refractivity (Wildman–Crippen MR) is 196 cm³/mol. The van der Waals surface area contributed by atoms with Gasteiger partial charge in [0, 0.05) is 46.3 Å². The van der Waals surface area contributed by atoms with E-state index in [1.807, 2.05) is 0 Å². The highest BCUT2D eigenvalue weighted by Crippen LogP contribution is 2.50. The van der Waals surface area contributed by atoms with Crippen molar-refractivity contribution in [3.8, 4) is 16.8 Å². The number of nitrogens with one attached hydrogen (secondary N) is 1. The van der Waals surface area contributed by atoms with Crippen LogP contribution in [0.5, 0.6) is 0 Å². The quantitative estimate of drug-likeness (QED) is 0.214. The Morgan fingerprint density at radius 3 is 2.34 bits per heavy atom. The average Bonchev–Trinajstić information content (AvgIpc) is 3.58. The van der Waals surface area contributed by atoms with Crippen molar-refractivity contribution in [2.24, 2.45) is 0 Å². The lowest BCUT2D eigenvalue weighted by atomic mass is 9.82. The summed E-state index contributed by atoms with van der Waals surface area (Å²) in [5.74, 6) is 1.44. The third kappa shape index (κ3) is 4.48. The molecule has 0 amide bonds. The van der Waals surface area contributed by atoms with E-state index in [0.717, 1.165) is 37.3 Å². The van der Waals surface area contributed by atoms with Gasteiger partial charge in [-0.2, -0.15) is 0 Å². The minimum atomic E-state index is -0.0493. The van der Waals surface area contributed by atoms with Gasteiger partial charge in [-0.1, -0.05) is 98.8 Å². The van der Waals surface area contributed by atoms with Gasteiger partial charge in [-0.15, -0.1) is 0 Å². The van der Waals surface area contributed by atoms with Gasteiger partial charge in [0.1, 0.15) is 5.82 Å². The van der Waals surface area contributed by atoms with Crippen LogP contribution in [0.3, 0.4) is 0 Å². The second-order valence-electron chi connectivity index (χ2n) is 13.7. The number of nitrogens with zero attached hydrogens (tertiary/aromatic N) is 2. The summed E-state index contributed by atoms with van der Waals surface area (Å²) in [5.41, 5.74) is 16.1. The summed E-state index contributed by atoms with van der Waals surface area (Å²) >= 11 is 0. The smallest absolute Gasteiger partial charge is 0.111 e. The van der Waals surface area contributed by atoms with Crippen LogP contribution in [-0.2, 0) is 18.3 Å². The van der Waals surface area contributed by atoms with Crippen LogP contribution in [-0.4, -0.2) is 11.1 Å². The molecule has 47 heavy (non-hydrogen) atoms. The Morgan fingerprint density at radius 2 is 1.51 bits per heavy atom. The minimum Gasteiger partial charge on any atom is -0.368 e. The van der Waals surface area contributed by atoms with Crippen molar-refractivity contribution in [3.05, 3.63) is 172 Å². The molecule has 5 aromatic rings. The Hall–Kier alpha value is -5.28. The summed E-state index contributed by atoms with van der Waals surface area (Å²) in [5, 5.41) is 3.64. The average molecular weight is 610 g/mol. The summed E-state index contributed by atoms with van der Waals surface area (Å²) in [4.78, 5) is 2.38. The van der Waals surface area contributed by atoms with Gasteiger partial charge in [-0.25, -0.2) is 0 Å². The molecule has 3 nitrogen and oxygen atoms in total. The number of benzene rings is 4. The van der Waals surface area contributed by atoms with Gasteiger partial charge in [0.15, 0.2) is 0 Å². The molecule has 0 spiro atoms. The van der Waals surface area contributed by atoms with Crippen LogP contribution in [0.25, 0.3) is 29.0 Å². The van der Waals surface area contributed by atoms with Gasteiger partial charge in [-0.05, 0) is 113 Å². The van der Waals surface area contributed by atoms with Crippen molar-refractivity contribution < 1.29 is 0 Å². The number of aromatic nitrogens is 1. The molecule has 4 aromatic carbocycles. The lowest BCUT2D eigenvalue weighted by Crippen LogP contribution is -2.30. The zero-order valence-electron chi connectivity index (χ0n) is 27.1. The molecule has 1 N–H and O–H groups in total. The molecule has 1 aliphatic heterocycles. The number of rotatable bonds is 5. The first-order valence-corrected chi connectivity index (χ1v) is 17.0. The molecule has 0 fully saturated rings. The van der Waals surface area contributed by atoms with Gasteiger partial charge in [-0.3, -0.25) is 4.90 Å². The minimum absolute atomic E-state index is 0.0493. The Balaban J connectivity index is 1.07. The van der Waals surface area contributed by atoms with Gasteiger partial charge in [0.2, 0.25) is 0 Å². The molecule has 4 aliphatic rings. The van der Waals surface area contributed by atoms with Crippen molar-refractivity contribution in [1.82, 2.24) is 9.88 Å². The molecule has 3 heteroatoms. The largest absolute Gasteiger partial charge is 0.368 e. The molecule has 1 aromatic heterocycles. The number of anilines is 2. The summed E-state index contributed by atoms with van der Waals surface area (Å²) in [6.45, 7) is 5.53. The van der Waals surface area contributed by atoms with Crippen molar-refractivity contribution >= 4 is 23.5 Å². The third-order valence-electron chi connectivity index (χ3n) is 10.7. The molecular formula is C44H39N3. The zero-order chi connectivity index (χ0) is 31.5. The summed E-state index contributed by atoms with van der Waals surface area (Å²) in [6.07, 6.45) is 19.2. The van der Waals surface area contributed by atoms with Crippen LogP contribution in [0.4, 0.5) is 11.4 Å². The highest BCUT2D eigenvalue weighted by atomic mass is 15.2. The normalized spacial score (nSPS) is 18.1. The fraction of sp³-hybridized carbons (Fsp3) is 0.182. The molecule has 0 bridgehead atoms. The molecule has 9 rings (SSSR count). The fourth-order valence-corrected chi connectivity index (χ4v) is 8.30. The maximum atomic E-state index is 3.64. The second kappa shape index (κ2) is 10.9. The molecule has 0 saturated carbocycles. The highest BCUT2D eigenvalue weighted by molar-refractivity contribution is 5.84. The molecule has 0 saturated heterocycles. The van der Waals surface area contributed by atoms with Gasteiger partial charge in [0.25, 0.3) is 0 Å². The molecule has 230 valence electrons. The van der Waals surface area contributed by atoms with Crippen LogP contribution in [0, 0.1) is 0 Å². The van der Waals surface area contributed by atoms with Gasteiger partial charge < -0.3 is 9.88 Å². The first-order chi connectivity index (χ1) is 23.1. The monoisotopic (exact) mass is 609 g/mol. The first kappa shape index (κ1) is 28.0. The number of allylic oxidation sites excluding steroid dienone is 4. The van der Waals surface area contributed by atoms with E-state index in [2.05, 4.69) is 168 Å². The summed E-state index contributed by atoms with van der Waals surface area (Å²) in [6, 6.07) is 36.0. The van der Waals surface area contributed by atoms with Crippen molar-refractivity contribution in [2.75, 3.05) is 11.4 Å². The molecule has 1 atom stereocenters. The fourth-order valence-electron chi connectivity index (χ4n) is 8.30. The van der Waals surface area contributed by atoms with E-state index >= 15 is 0 Å². The van der Waals surface area contributed by atoms with E-state index in [1.54, 1.807) is 0 Å². The van der Waals surface area contributed by atoms with Crippen molar-refractivity contribution in [1.29, 1.82) is 0 Å². The molecule has 0 radical (unpaired) electrons. The van der Waals surface area contributed by atoms with E-state index in [0.29, 0.717) is 5.92 Å². The van der Waals surface area contributed by atoms with Gasteiger partial charge >= 0.3 is 0 Å². The third-order valence-corrected chi connectivity index (χ3v) is 10.7. The first-order valence-electron chi connectivity index (χ1n) is 17.0. The van der Waals surface area contributed by atoms with Crippen LogP contribution in [0.15, 0.2) is 133 Å². The highest BCUT2D eigenvalue weighted by Gasteiger charge is 2.36. The Labute approximate surface area is 277 Å². The molecule has 1 unspecified atom stereocenters. The van der Waals surface area contributed by atoms with E-state index in [4.69, 9.17) is 0 Å². The van der Waals surface area contributed by atoms with Crippen molar-refractivity contribution in [3.63, 3.8) is 0 Å². The predicted octanol–water partition coefficient (Wildman–Crippen LogP) is 10.2. The van der Waals surface area contributed by atoms with E-state index in [-0.39, 0.29) is 5.41 Å². The standard InChI is InChI=1S/C44H39N3/c1-44(2)39-16-8-6-14-35(39)36-25-24-34(29-40(36)44)46(43-18-10-11-27-45-43)33-22-19-30(20-23-33)31-21-26-42-38(28-31)37-15-7-9-17-41(37)47(42)32-12-4-3-5-13-32/h3-6,8-14,16-26,29,31,45H,7,15,27-28H2,1-2H3. The maximum absolute atomic E-state index is 3.64. The SMILES string of the molecule is CC1(C)c2ccccc2-c2ccc(N(C3=CC=CCN3)c3ccc(C4C=Cc5c(c6c(n5-c5ccccc5)C=CCC6)C4)cc3)cc21. The molecular weight excluding hydrogens is 571 g/mol. The zero-order valence-corrected chi connectivity index (χ0v) is 27.1. The lowest BCUT2D eigenvalue weighted by molar-refractivity contribution is 0.660. The van der Waals surface area contributed by atoms with Crippen LogP contribution < -0.4 is 10.2 Å². The van der Waals surface area contributed by atoms with Crippen LogP contribution in [0.1, 0.15) is 65.4 Å². The Kier molecular flexibility index (Phi) is 6.50. The molecule has 3 aliphatic carbocycles. The topological polar surface area (TPSA) is 20.2 Å². The van der Waals surface area contributed by atoms with E-state index in [9.17, 15) is 0 Å². The Morgan fingerprint density at radius 1 is 0.745 bits per heavy atom. The number of dihydropyridines is 1. The number of hydrogen-bond acceptors (Lipinski definition) is 2. The van der Waals surface area contributed by atoms with E-state index < -0.39 is 0 Å². The lowest BCUT2D eigenvalue weighted by Gasteiger charge is -2.31. The van der Waals surface area contributed by atoms with Crippen molar-refractivity contribution in [2.45, 2.75) is 44.4 Å². The summed E-state index contributed by atoms with van der Waals surface area (Å²) in [7, 11) is 0. The molecule has 2 heterocycles. The summed E-state index contributed by atoms with van der Waals surface area (Å²) < 4.78 is 2.46. The number of hydrogen-bond donors (Lipinski definition) is 1. The number of para-hydroxylation sites is 1.